The summed E-state index contributed by atoms with van der Waals surface area (Å²) in [6.45, 7) is 0.294. The highest BCUT2D eigenvalue weighted by atomic mass is 16.4. The van der Waals surface area contributed by atoms with Gasteiger partial charge in [-0.2, -0.15) is 0 Å². The SMILES string of the molecule is O=C(O)[C@@H]1C[C@@H](O)CN1c1ncnc2c1CCc1ccccc1-2. The molecule has 1 aliphatic carbocycles. The predicted molar refractivity (Wildman–Crippen MR) is 84.3 cm³/mol. The summed E-state index contributed by atoms with van der Waals surface area (Å²) in [5.41, 5.74) is 4.19. The number of aliphatic hydroxyl groups excluding tert-OH is 1. The topological polar surface area (TPSA) is 86.5 Å². The molecule has 23 heavy (non-hydrogen) atoms. The van der Waals surface area contributed by atoms with Gasteiger partial charge in [0.15, 0.2) is 0 Å². The van der Waals surface area contributed by atoms with Gasteiger partial charge < -0.3 is 15.1 Å². The Bertz CT molecular complexity index is 777. The maximum atomic E-state index is 11.5. The highest BCUT2D eigenvalue weighted by molar-refractivity contribution is 5.81. The van der Waals surface area contributed by atoms with E-state index in [0.29, 0.717) is 12.4 Å². The van der Waals surface area contributed by atoms with Gasteiger partial charge in [-0.1, -0.05) is 24.3 Å². The Kier molecular flexibility index (Phi) is 3.27. The monoisotopic (exact) mass is 311 g/mol. The Morgan fingerprint density at radius 2 is 2.04 bits per heavy atom. The Labute approximate surface area is 133 Å². The van der Waals surface area contributed by atoms with Gasteiger partial charge in [-0.15, -0.1) is 0 Å². The predicted octanol–water partition coefficient (Wildman–Crippen LogP) is 1.27. The van der Waals surface area contributed by atoms with Crippen LogP contribution in [-0.2, 0) is 17.6 Å². The van der Waals surface area contributed by atoms with Gasteiger partial charge in [-0.25, -0.2) is 14.8 Å². The summed E-state index contributed by atoms with van der Waals surface area (Å²) in [5.74, 6) is -0.279. The van der Waals surface area contributed by atoms with E-state index < -0.39 is 18.1 Å². The number of hydrogen-bond donors (Lipinski definition) is 2. The van der Waals surface area contributed by atoms with Crippen LogP contribution in [0.25, 0.3) is 11.3 Å². The van der Waals surface area contributed by atoms with Crippen LogP contribution < -0.4 is 4.90 Å². The van der Waals surface area contributed by atoms with Crippen molar-refractivity contribution < 1.29 is 15.0 Å². The molecule has 2 aliphatic rings. The van der Waals surface area contributed by atoms with E-state index in [1.165, 1.54) is 11.9 Å². The van der Waals surface area contributed by atoms with E-state index in [0.717, 1.165) is 29.7 Å². The minimum absolute atomic E-state index is 0.227. The van der Waals surface area contributed by atoms with Crippen LogP contribution in [0.1, 0.15) is 17.5 Å². The maximum Gasteiger partial charge on any atom is 0.326 e. The highest BCUT2D eigenvalue weighted by Crippen LogP contribution is 2.37. The number of carboxylic acid groups (broad SMARTS) is 1. The third-order valence-electron chi connectivity index (χ3n) is 4.68. The molecule has 1 saturated heterocycles. The van der Waals surface area contributed by atoms with Gasteiger partial charge in [0, 0.05) is 24.1 Å². The van der Waals surface area contributed by atoms with Crippen LogP contribution in [0.4, 0.5) is 5.82 Å². The molecule has 1 fully saturated rings. The Morgan fingerprint density at radius 1 is 1.22 bits per heavy atom. The van der Waals surface area contributed by atoms with E-state index in [1.807, 2.05) is 18.2 Å². The van der Waals surface area contributed by atoms with Crippen molar-refractivity contribution in [2.75, 3.05) is 11.4 Å². The van der Waals surface area contributed by atoms with Crippen molar-refractivity contribution in [3.05, 3.63) is 41.7 Å². The second-order valence-electron chi connectivity index (χ2n) is 6.08. The fourth-order valence-electron chi connectivity index (χ4n) is 3.62. The zero-order valence-corrected chi connectivity index (χ0v) is 12.5. The molecule has 4 rings (SSSR count). The minimum Gasteiger partial charge on any atom is -0.480 e. The lowest BCUT2D eigenvalue weighted by molar-refractivity contribution is -0.138. The first-order valence-electron chi connectivity index (χ1n) is 7.75. The quantitative estimate of drug-likeness (QED) is 0.868. The number of carboxylic acids is 1. The molecule has 0 saturated carbocycles. The maximum absolute atomic E-state index is 11.5. The Hall–Kier alpha value is -2.47. The summed E-state index contributed by atoms with van der Waals surface area (Å²) in [6.07, 6.45) is 2.74. The number of fused-ring (bicyclic) bond motifs is 3. The second kappa shape index (κ2) is 5.31. The van der Waals surface area contributed by atoms with E-state index in [-0.39, 0.29) is 6.42 Å². The van der Waals surface area contributed by atoms with E-state index in [4.69, 9.17) is 0 Å². The summed E-state index contributed by atoms with van der Waals surface area (Å²) in [7, 11) is 0. The molecule has 0 amide bonds. The number of anilines is 1. The smallest absolute Gasteiger partial charge is 0.326 e. The minimum atomic E-state index is -0.926. The van der Waals surface area contributed by atoms with Crippen LogP contribution in [0.2, 0.25) is 0 Å². The zero-order chi connectivity index (χ0) is 16.0. The van der Waals surface area contributed by atoms with Crippen molar-refractivity contribution in [3.63, 3.8) is 0 Å². The van der Waals surface area contributed by atoms with Gasteiger partial charge in [0.05, 0.1) is 11.8 Å². The number of nitrogens with zero attached hydrogens (tertiary/aromatic N) is 3. The largest absolute Gasteiger partial charge is 0.480 e. The number of β-amino-alcohol motifs (C(OH)–C–C–N with tert-alkyl or cyclic N) is 1. The number of aliphatic hydroxyl groups is 1. The van der Waals surface area contributed by atoms with Crippen molar-refractivity contribution in [2.24, 2.45) is 0 Å². The van der Waals surface area contributed by atoms with Crippen LogP contribution in [0, 0.1) is 0 Å². The molecule has 118 valence electrons. The van der Waals surface area contributed by atoms with Crippen LogP contribution >= 0.6 is 0 Å². The molecule has 6 heteroatoms. The lowest BCUT2D eigenvalue weighted by atomic mass is 9.89. The van der Waals surface area contributed by atoms with Gasteiger partial charge in [0.1, 0.15) is 18.2 Å². The van der Waals surface area contributed by atoms with Gasteiger partial charge in [-0.3, -0.25) is 0 Å². The number of aromatic nitrogens is 2. The molecule has 1 aliphatic heterocycles. The first-order chi connectivity index (χ1) is 11.1. The van der Waals surface area contributed by atoms with Crippen molar-refractivity contribution in [3.8, 4) is 11.3 Å². The third kappa shape index (κ3) is 2.26. The molecule has 2 aromatic rings. The molecule has 2 atom stereocenters. The molecule has 0 bridgehead atoms. The van der Waals surface area contributed by atoms with Crippen molar-refractivity contribution in [2.45, 2.75) is 31.4 Å². The number of carbonyl (C=O) groups is 1. The molecule has 1 aromatic heterocycles. The average molecular weight is 311 g/mol. The first kappa shape index (κ1) is 14.1. The number of rotatable bonds is 2. The third-order valence-corrected chi connectivity index (χ3v) is 4.68. The van der Waals surface area contributed by atoms with Crippen LogP contribution in [0.5, 0.6) is 0 Å². The van der Waals surface area contributed by atoms with Crippen molar-refractivity contribution in [1.29, 1.82) is 0 Å². The second-order valence-corrected chi connectivity index (χ2v) is 6.08. The molecular weight excluding hydrogens is 294 g/mol. The summed E-state index contributed by atoms with van der Waals surface area (Å²) in [6, 6.07) is 7.40. The summed E-state index contributed by atoms with van der Waals surface area (Å²) in [5, 5.41) is 19.3. The van der Waals surface area contributed by atoms with Crippen LogP contribution in [0.15, 0.2) is 30.6 Å². The fraction of sp³-hybridized carbons (Fsp3) is 0.353. The fourth-order valence-corrected chi connectivity index (χ4v) is 3.62. The summed E-state index contributed by atoms with van der Waals surface area (Å²) >= 11 is 0. The van der Waals surface area contributed by atoms with E-state index in [9.17, 15) is 15.0 Å². The van der Waals surface area contributed by atoms with Gasteiger partial charge in [0.2, 0.25) is 0 Å². The summed E-state index contributed by atoms with van der Waals surface area (Å²) in [4.78, 5) is 22.0. The molecule has 1 aromatic carbocycles. The van der Waals surface area contributed by atoms with E-state index in [1.54, 1.807) is 4.90 Å². The molecule has 2 N–H and O–H groups in total. The van der Waals surface area contributed by atoms with Gasteiger partial charge in [-0.05, 0) is 18.4 Å². The zero-order valence-electron chi connectivity index (χ0n) is 12.5. The molecule has 0 spiro atoms. The first-order valence-corrected chi connectivity index (χ1v) is 7.75. The number of benzene rings is 1. The Morgan fingerprint density at radius 3 is 2.87 bits per heavy atom. The molecule has 0 radical (unpaired) electrons. The van der Waals surface area contributed by atoms with E-state index >= 15 is 0 Å². The Balaban J connectivity index is 1.82. The molecular formula is C17H17N3O3. The molecule has 6 nitrogen and oxygen atoms in total. The lowest BCUT2D eigenvalue weighted by Crippen LogP contribution is -2.37. The van der Waals surface area contributed by atoms with Crippen LogP contribution in [0.3, 0.4) is 0 Å². The summed E-state index contributed by atoms with van der Waals surface area (Å²) < 4.78 is 0. The number of aryl methyl sites for hydroxylation is 1. The number of hydrogen-bond acceptors (Lipinski definition) is 5. The normalized spacial score (nSPS) is 22.6. The standard InChI is InChI=1S/C17H17N3O3/c21-11-7-14(17(22)23)20(8-11)16-13-6-5-10-3-1-2-4-12(10)15(13)18-9-19-16/h1-4,9,11,14,21H,5-8H2,(H,22,23)/t11-,14+/m1/s1. The van der Waals surface area contributed by atoms with Crippen molar-refractivity contribution in [1.82, 2.24) is 9.97 Å². The van der Waals surface area contributed by atoms with Crippen molar-refractivity contribution >= 4 is 11.8 Å². The van der Waals surface area contributed by atoms with Gasteiger partial charge >= 0.3 is 5.97 Å². The molecule has 0 unspecified atom stereocenters. The highest BCUT2D eigenvalue weighted by Gasteiger charge is 2.38. The van der Waals surface area contributed by atoms with Gasteiger partial charge in [0.25, 0.3) is 0 Å². The number of aliphatic carboxylic acids is 1. The van der Waals surface area contributed by atoms with Crippen LogP contribution in [-0.4, -0.2) is 44.8 Å². The van der Waals surface area contributed by atoms with E-state index in [2.05, 4.69) is 16.0 Å². The average Bonchev–Trinajstić information content (AvgIpc) is 2.96. The molecule has 2 heterocycles. The lowest BCUT2D eigenvalue weighted by Gasteiger charge is -2.28.